The Morgan fingerprint density at radius 3 is 1.57 bits per heavy atom. The maximum absolute atomic E-state index is 12.6. The second kappa shape index (κ2) is 27.2. The van der Waals surface area contributed by atoms with Gasteiger partial charge in [-0.25, -0.2) is 50.5 Å². The van der Waals surface area contributed by atoms with Gasteiger partial charge < -0.3 is 33.6 Å². The quantitative estimate of drug-likeness (QED) is 0.0363. The number of hydrogen-bond donors (Lipinski definition) is 2. The van der Waals surface area contributed by atoms with Crippen molar-refractivity contribution < 1.29 is 289 Å². The molecule has 0 saturated carbocycles. The Balaban J connectivity index is -0.00000549. The van der Waals surface area contributed by atoms with Gasteiger partial charge in [-0.15, -0.1) is 15.3 Å². The van der Waals surface area contributed by atoms with Gasteiger partial charge in [0.1, 0.15) is 57.5 Å². The molecule has 3 N–H and O–H groups in total. The van der Waals surface area contributed by atoms with Gasteiger partial charge >= 0.3 is 207 Å². The molecule has 0 spiro atoms. The third-order valence-electron chi connectivity index (χ3n) is 7.60. The van der Waals surface area contributed by atoms with Crippen molar-refractivity contribution in [2.45, 2.75) is 24.5 Å². The number of sulfone groups is 1. The number of phenols is 1. The van der Waals surface area contributed by atoms with E-state index in [0.29, 0.717) is 18.2 Å². The first kappa shape index (κ1) is 71.1. The van der Waals surface area contributed by atoms with Gasteiger partial charge in [0.2, 0.25) is 10.4 Å². The van der Waals surface area contributed by atoms with Crippen molar-refractivity contribution in [1.29, 1.82) is 0 Å². The maximum atomic E-state index is 12.6. The van der Waals surface area contributed by atoms with Crippen LogP contribution in [0.15, 0.2) is 112 Å². The molecular weight excluding hydrogens is 1060 g/mol. The molecule has 0 aliphatic carbocycles. The Morgan fingerprint density at radius 1 is 0.554 bits per heavy atom. The summed E-state index contributed by atoms with van der Waals surface area (Å²) in [6.45, 7) is -1.06. The molecule has 0 bridgehead atoms. The molecule has 0 aromatic heterocycles. The van der Waals surface area contributed by atoms with Crippen LogP contribution in [0.2, 0.25) is 0 Å². The summed E-state index contributed by atoms with van der Waals surface area (Å²) in [6.07, 6.45) is 0. The fourth-order valence-corrected chi connectivity index (χ4v) is 9.58. The number of anilines is 1. The largest absolute Gasteiger partial charge is 1.00 e. The first-order chi connectivity index (χ1) is 26.5. The summed E-state index contributed by atoms with van der Waals surface area (Å²) in [5.41, 5.74) is 1.49. The molecule has 0 atom stereocenters. The molecule has 0 radical (unpaired) electrons. The summed E-state index contributed by atoms with van der Waals surface area (Å²) < 4.78 is 207. The minimum Gasteiger partial charge on any atom is -0.744 e. The zero-order chi connectivity index (χ0) is 43.4. The van der Waals surface area contributed by atoms with Gasteiger partial charge in [0.15, 0.2) is 15.6 Å². The van der Waals surface area contributed by atoms with Crippen LogP contribution in [-0.2, 0) is 64.9 Å². The number of rotatable bonds is 13. The van der Waals surface area contributed by atoms with E-state index < -0.39 is 148 Å². The summed E-state index contributed by atoms with van der Waals surface area (Å²) in [5, 5.41) is 22.8. The first-order valence-corrected chi connectivity index (χ1v) is 23.4. The Hall–Kier alpha value is 1.88. The van der Waals surface area contributed by atoms with Crippen LogP contribution in [0.4, 0.5) is 28.4 Å². The van der Waals surface area contributed by atoms with Gasteiger partial charge in [-0.3, -0.25) is 4.18 Å². The third kappa shape index (κ3) is 17.8. The standard InChI is InChI=1S/C28H23N5O19S6.7Na/c29-24-23-14(11-21(55(40,41)42)25(24)32-30-15-3-1-4-16(13-15)53(35,36)10-9-52-58(49,50)51)12-22(56(43,44)45)26(27(23)34)33-31-19-8-7-17-18(28(19)57(46,47)48)5-2-6-20(17)54(37,38)39;;;;;;;/h1-8,11-13,34H,9-10,29H2,(H,37,38,39)(H,40,41,42)(H,43,44,45)(H,46,47,48)(H,49,50,51);;;;;;;/q;7*+1/p-5. The number of hydrogen-bond acceptors (Lipinski definition) is 24. The van der Waals surface area contributed by atoms with E-state index in [1.807, 2.05) is 0 Å². The van der Waals surface area contributed by atoms with Crippen LogP contribution in [0.5, 0.6) is 5.75 Å². The Morgan fingerprint density at radius 2 is 1.06 bits per heavy atom. The average Bonchev–Trinajstić information content (AvgIpc) is 3.07. The summed E-state index contributed by atoms with van der Waals surface area (Å²) in [6, 6.07) is 9.03. The van der Waals surface area contributed by atoms with Crippen LogP contribution in [0.25, 0.3) is 21.5 Å². The Bertz CT molecular complexity index is 3350. The first-order valence-electron chi connectivity index (χ1n) is 14.8. The fourth-order valence-electron chi connectivity index (χ4n) is 5.26. The van der Waals surface area contributed by atoms with E-state index in [9.17, 15) is 78.4 Å². The maximum Gasteiger partial charge on any atom is 1.00 e. The molecule has 0 unspecified atom stereocenters. The van der Waals surface area contributed by atoms with Crippen molar-refractivity contribution in [2.75, 3.05) is 18.1 Å². The van der Waals surface area contributed by atoms with Gasteiger partial charge in [-0.2, -0.15) is 5.11 Å². The molecule has 5 aromatic carbocycles. The van der Waals surface area contributed by atoms with Crippen molar-refractivity contribution in [2.24, 2.45) is 20.5 Å². The number of fused-ring (bicyclic) bond motifs is 2. The third-order valence-corrected chi connectivity index (χ3v) is 13.3. The molecule has 0 saturated heterocycles. The smallest absolute Gasteiger partial charge is 0.744 e. The fraction of sp³-hybridized carbons (Fsp3) is 0.0714. The molecule has 0 aliphatic rings. The predicted molar refractivity (Wildman–Crippen MR) is 188 cm³/mol. The predicted octanol–water partition coefficient (Wildman–Crippen LogP) is -19.0. The number of nitrogens with zero attached hydrogens (tertiary/aromatic N) is 4. The monoisotopic (exact) mass is 1080 g/mol. The molecule has 5 rings (SSSR count). The van der Waals surface area contributed by atoms with Crippen molar-refractivity contribution >= 4 is 111 Å². The van der Waals surface area contributed by atoms with Gasteiger partial charge in [0.25, 0.3) is 0 Å². The number of nitrogens with two attached hydrogens (primary N) is 1. The van der Waals surface area contributed by atoms with Gasteiger partial charge in [-0.05, 0) is 47.9 Å². The summed E-state index contributed by atoms with van der Waals surface area (Å²) in [4.78, 5) is -5.53. The molecule has 0 heterocycles. The molecule has 310 valence electrons. The van der Waals surface area contributed by atoms with E-state index in [-0.39, 0.29) is 213 Å². The van der Waals surface area contributed by atoms with Gasteiger partial charge in [0.05, 0.1) is 53.6 Å². The topological polar surface area (TPSA) is 425 Å². The van der Waals surface area contributed by atoms with Crippen LogP contribution >= 0.6 is 0 Å². The van der Waals surface area contributed by atoms with E-state index in [2.05, 4.69) is 24.6 Å². The zero-order valence-electron chi connectivity index (χ0n) is 34.9. The van der Waals surface area contributed by atoms with Crippen LogP contribution in [0, 0.1) is 0 Å². The Kier molecular flexibility index (Phi) is 29.8. The Labute approximate surface area is 526 Å². The average molecular weight is 1080 g/mol. The number of aromatic hydroxyl groups is 1. The SMILES string of the molecule is Nc1c(N=Nc2cccc(S(=O)(=O)CCOS(=O)(=O)[O-])c2)c(S(=O)(=O)[O-])cc2cc(S(=O)(=O)[O-])c(N=Nc3ccc4c(S(=O)(=O)[O-])cccc4c3S(=O)(=O)[O-])c(O)c12.[Na+].[Na+].[Na+].[Na+].[Na+].[Na+].[Na+]. The molecule has 24 nitrogen and oxygen atoms in total. The molecule has 0 aliphatic heterocycles. The van der Waals surface area contributed by atoms with E-state index in [1.165, 1.54) is 0 Å². The van der Waals surface area contributed by atoms with Crippen molar-refractivity contribution in [3.8, 4) is 5.75 Å². The van der Waals surface area contributed by atoms with Crippen LogP contribution < -0.4 is 213 Å². The number of benzene rings is 5. The zero-order valence-corrected chi connectivity index (χ0v) is 53.8. The van der Waals surface area contributed by atoms with Crippen molar-refractivity contribution in [1.82, 2.24) is 0 Å². The molecule has 0 fully saturated rings. The van der Waals surface area contributed by atoms with E-state index in [1.54, 1.807) is 0 Å². The van der Waals surface area contributed by atoms with Crippen molar-refractivity contribution in [3.63, 3.8) is 0 Å². The number of azo groups is 2. The molecule has 5 aromatic rings. The molecule has 65 heavy (non-hydrogen) atoms. The van der Waals surface area contributed by atoms with Crippen LogP contribution in [-0.4, -0.2) is 90.7 Å². The van der Waals surface area contributed by atoms with E-state index in [0.717, 1.165) is 48.5 Å². The summed E-state index contributed by atoms with van der Waals surface area (Å²) in [5.74, 6) is -2.39. The van der Waals surface area contributed by atoms with Crippen molar-refractivity contribution in [3.05, 3.63) is 66.7 Å². The molecule has 37 heteroatoms. The van der Waals surface area contributed by atoms with Gasteiger partial charge in [0, 0.05) is 10.8 Å². The van der Waals surface area contributed by atoms with Crippen LogP contribution in [0.3, 0.4) is 0 Å². The number of nitrogen functional groups attached to an aromatic ring is 1. The minimum atomic E-state index is -5.75. The van der Waals surface area contributed by atoms with Crippen LogP contribution in [0.1, 0.15) is 0 Å². The number of phenolic OH excluding ortho intramolecular Hbond substituents is 1. The summed E-state index contributed by atoms with van der Waals surface area (Å²) in [7, 11) is -31.8. The second-order valence-corrected chi connectivity index (χ2v) is 19.9. The normalized spacial score (nSPS) is 12.1. The second-order valence-electron chi connectivity index (χ2n) is 11.3. The molecular formula is C28H18N5Na7O19S6+2. The van der Waals surface area contributed by atoms with Gasteiger partial charge in [-0.1, -0.05) is 24.3 Å². The van der Waals surface area contributed by atoms with E-state index >= 15 is 0 Å². The van der Waals surface area contributed by atoms with E-state index in [4.69, 9.17) is 5.73 Å². The molecule has 0 amide bonds. The summed E-state index contributed by atoms with van der Waals surface area (Å²) >= 11 is 0. The minimum absolute atomic E-state index is 0.